The number of nitrogens with zero attached hydrogens (tertiary/aromatic N) is 1. The van der Waals surface area contributed by atoms with Crippen LogP contribution in [0.2, 0.25) is 5.15 Å². The highest BCUT2D eigenvalue weighted by Crippen LogP contribution is 2.24. The van der Waals surface area contributed by atoms with Crippen LogP contribution < -0.4 is 10.1 Å². The van der Waals surface area contributed by atoms with Crippen LogP contribution in [0.25, 0.3) is 10.8 Å². The number of pyridine rings is 1. The molecule has 0 saturated carbocycles. The molecule has 2 aromatic carbocycles. The number of aliphatic hydroxyl groups excluding tert-OH is 1. The Morgan fingerprint density at radius 3 is 2.71 bits per heavy atom. The summed E-state index contributed by atoms with van der Waals surface area (Å²) in [5.74, 6) is 0.755. The molecule has 1 aromatic heterocycles. The monoisotopic (exact) mass is 346 g/mol. The molecule has 0 fully saturated rings. The van der Waals surface area contributed by atoms with Gasteiger partial charge >= 0.3 is 0 Å². The summed E-state index contributed by atoms with van der Waals surface area (Å²) in [6.45, 7) is 0.336. The molecule has 3 aromatic rings. The van der Waals surface area contributed by atoms with Gasteiger partial charge in [-0.25, -0.2) is 9.37 Å². The Bertz CT molecular complexity index is 827. The first-order chi connectivity index (χ1) is 11.6. The second kappa shape index (κ2) is 7.47. The number of anilines is 1. The average Bonchev–Trinajstić information content (AvgIpc) is 2.59. The maximum Gasteiger partial charge on any atom is 0.139 e. The van der Waals surface area contributed by atoms with Gasteiger partial charge in [0.25, 0.3) is 0 Å². The number of ether oxygens (including phenoxy) is 1. The van der Waals surface area contributed by atoms with Crippen LogP contribution >= 0.6 is 11.6 Å². The molecule has 0 spiro atoms. The minimum absolute atomic E-state index is 0.0833. The van der Waals surface area contributed by atoms with Crippen LogP contribution in [0.4, 0.5) is 10.2 Å². The van der Waals surface area contributed by atoms with Gasteiger partial charge in [-0.3, -0.25) is 0 Å². The van der Waals surface area contributed by atoms with Crippen molar-refractivity contribution in [3.05, 3.63) is 65.6 Å². The highest BCUT2D eigenvalue weighted by atomic mass is 35.5. The Kier molecular flexibility index (Phi) is 5.13. The molecule has 3 rings (SSSR count). The van der Waals surface area contributed by atoms with E-state index in [1.807, 2.05) is 30.3 Å². The zero-order valence-electron chi connectivity index (χ0n) is 12.7. The second-order valence-corrected chi connectivity index (χ2v) is 5.68. The van der Waals surface area contributed by atoms with Gasteiger partial charge in [-0.05, 0) is 35.7 Å². The number of benzene rings is 2. The molecule has 0 saturated heterocycles. The zero-order chi connectivity index (χ0) is 16.9. The van der Waals surface area contributed by atoms with E-state index in [0.717, 1.165) is 10.8 Å². The molecule has 2 N–H and O–H groups in total. The van der Waals surface area contributed by atoms with Crippen molar-refractivity contribution in [1.29, 1.82) is 0 Å². The van der Waals surface area contributed by atoms with E-state index in [2.05, 4.69) is 10.3 Å². The van der Waals surface area contributed by atoms with E-state index >= 15 is 0 Å². The predicted molar refractivity (Wildman–Crippen MR) is 93.1 cm³/mol. The molecule has 24 heavy (non-hydrogen) atoms. The third-order valence-corrected chi connectivity index (χ3v) is 3.76. The lowest BCUT2D eigenvalue weighted by Gasteiger charge is -2.14. The molecule has 0 aliphatic carbocycles. The molecule has 1 heterocycles. The van der Waals surface area contributed by atoms with Crippen LogP contribution in [0.5, 0.6) is 5.75 Å². The fourth-order valence-electron chi connectivity index (χ4n) is 2.25. The van der Waals surface area contributed by atoms with E-state index < -0.39 is 6.10 Å². The van der Waals surface area contributed by atoms with Crippen LogP contribution in [-0.4, -0.2) is 29.3 Å². The third kappa shape index (κ3) is 4.13. The fourth-order valence-corrected chi connectivity index (χ4v) is 2.51. The maximum atomic E-state index is 12.8. The van der Waals surface area contributed by atoms with E-state index in [4.69, 9.17) is 16.3 Å². The van der Waals surface area contributed by atoms with Crippen molar-refractivity contribution in [1.82, 2.24) is 4.98 Å². The lowest BCUT2D eigenvalue weighted by atomic mass is 10.2. The number of nitrogens with one attached hydrogen (secondary N) is 1. The van der Waals surface area contributed by atoms with Gasteiger partial charge in [0.1, 0.15) is 35.2 Å². The van der Waals surface area contributed by atoms with E-state index in [9.17, 15) is 9.50 Å². The summed E-state index contributed by atoms with van der Waals surface area (Å²) in [6, 6.07) is 15.2. The molecule has 124 valence electrons. The molecule has 0 amide bonds. The summed E-state index contributed by atoms with van der Waals surface area (Å²) in [5.41, 5.74) is 0. The third-order valence-electron chi connectivity index (χ3n) is 3.47. The van der Waals surface area contributed by atoms with Crippen molar-refractivity contribution < 1.29 is 14.2 Å². The lowest BCUT2D eigenvalue weighted by molar-refractivity contribution is 0.117. The summed E-state index contributed by atoms with van der Waals surface area (Å²) in [4.78, 5) is 4.26. The minimum atomic E-state index is -0.748. The van der Waals surface area contributed by atoms with Gasteiger partial charge in [0.15, 0.2) is 0 Å². The van der Waals surface area contributed by atoms with Crippen LogP contribution in [0, 0.1) is 5.82 Å². The first kappa shape index (κ1) is 16.5. The number of aromatic nitrogens is 1. The summed E-state index contributed by atoms with van der Waals surface area (Å²) < 4.78 is 18.2. The first-order valence-corrected chi connectivity index (χ1v) is 7.85. The Labute approximate surface area is 143 Å². The van der Waals surface area contributed by atoms with Gasteiger partial charge in [-0.15, -0.1) is 0 Å². The minimum Gasteiger partial charge on any atom is -0.491 e. The number of halogens is 2. The SMILES string of the molecule is OC(CNc1cc2ccccc2c(Cl)n1)COc1ccc(F)cc1. The van der Waals surface area contributed by atoms with Crippen molar-refractivity contribution >= 4 is 28.2 Å². The van der Waals surface area contributed by atoms with Crippen molar-refractivity contribution in [3.8, 4) is 5.75 Å². The summed E-state index contributed by atoms with van der Waals surface area (Å²) in [5, 5.41) is 15.3. The smallest absolute Gasteiger partial charge is 0.139 e. The number of rotatable bonds is 6. The Balaban J connectivity index is 1.56. The Morgan fingerprint density at radius 2 is 1.92 bits per heavy atom. The largest absolute Gasteiger partial charge is 0.491 e. The number of hydrogen-bond donors (Lipinski definition) is 2. The molecule has 6 heteroatoms. The summed E-state index contributed by atoms with van der Waals surface area (Å²) in [6.07, 6.45) is -0.748. The lowest BCUT2D eigenvalue weighted by Crippen LogP contribution is -2.26. The Morgan fingerprint density at radius 1 is 1.17 bits per heavy atom. The van der Waals surface area contributed by atoms with Gasteiger partial charge in [-0.1, -0.05) is 35.9 Å². The van der Waals surface area contributed by atoms with Crippen molar-refractivity contribution in [3.63, 3.8) is 0 Å². The molecule has 0 aliphatic heterocycles. The average molecular weight is 347 g/mol. The van der Waals surface area contributed by atoms with Gasteiger partial charge in [0.2, 0.25) is 0 Å². The standard InChI is InChI=1S/C18H16ClFN2O2/c19-18-16-4-2-1-3-12(16)9-17(22-18)21-10-14(23)11-24-15-7-5-13(20)6-8-15/h1-9,14,23H,10-11H2,(H,21,22). The highest BCUT2D eigenvalue weighted by Gasteiger charge is 2.08. The van der Waals surface area contributed by atoms with E-state index in [1.165, 1.54) is 24.3 Å². The molecule has 0 aliphatic rings. The quantitative estimate of drug-likeness (QED) is 0.665. The molecule has 1 unspecified atom stereocenters. The maximum absolute atomic E-state index is 12.8. The Hall–Kier alpha value is -2.37. The molecular weight excluding hydrogens is 331 g/mol. The predicted octanol–water partition coefficient (Wildman–Crippen LogP) is 3.88. The van der Waals surface area contributed by atoms with Crippen LogP contribution in [0.3, 0.4) is 0 Å². The zero-order valence-corrected chi connectivity index (χ0v) is 13.5. The topological polar surface area (TPSA) is 54.4 Å². The molecule has 0 bridgehead atoms. The number of hydrogen-bond acceptors (Lipinski definition) is 4. The van der Waals surface area contributed by atoms with E-state index in [0.29, 0.717) is 16.7 Å². The summed E-state index contributed by atoms with van der Waals surface area (Å²) >= 11 is 6.16. The molecule has 1 atom stereocenters. The number of aliphatic hydroxyl groups is 1. The molecule has 4 nitrogen and oxygen atoms in total. The van der Waals surface area contributed by atoms with Crippen LogP contribution in [-0.2, 0) is 0 Å². The molecule has 0 radical (unpaired) electrons. The first-order valence-electron chi connectivity index (χ1n) is 7.47. The van der Waals surface area contributed by atoms with Crippen molar-refractivity contribution in [2.24, 2.45) is 0 Å². The van der Waals surface area contributed by atoms with Gasteiger partial charge in [-0.2, -0.15) is 0 Å². The van der Waals surface area contributed by atoms with Crippen LogP contribution in [0.1, 0.15) is 0 Å². The molecular formula is C18H16ClFN2O2. The van der Waals surface area contributed by atoms with Crippen molar-refractivity contribution in [2.45, 2.75) is 6.10 Å². The fraction of sp³-hybridized carbons (Fsp3) is 0.167. The van der Waals surface area contributed by atoms with E-state index in [-0.39, 0.29) is 19.0 Å². The normalized spacial score (nSPS) is 12.1. The van der Waals surface area contributed by atoms with Gasteiger partial charge in [0.05, 0.1) is 0 Å². The highest BCUT2D eigenvalue weighted by molar-refractivity contribution is 6.34. The van der Waals surface area contributed by atoms with Gasteiger partial charge < -0.3 is 15.2 Å². The van der Waals surface area contributed by atoms with Crippen LogP contribution in [0.15, 0.2) is 54.6 Å². The van der Waals surface area contributed by atoms with Crippen molar-refractivity contribution in [2.75, 3.05) is 18.5 Å². The number of fused-ring (bicyclic) bond motifs is 1. The van der Waals surface area contributed by atoms with E-state index in [1.54, 1.807) is 0 Å². The van der Waals surface area contributed by atoms with Gasteiger partial charge in [0, 0.05) is 11.9 Å². The summed E-state index contributed by atoms with van der Waals surface area (Å²) in [7, 11) is 0. The second-order valence-electron chi connectivity index (χ2n) is 5.32.